The van der Waals surface area contributed by atoms with Crippen molar-refractivity contribution in [1.82, 2.24) is 5.32 Å². The Morgan fingerprint density at radius 3 is 2.76 bits per heavy atom. The van der Waals surface area contributed by atoms with Crippen LogP contribution in [0.5, 0.6) is 0 Å². The van der Waals surface area contributed by atoms with Gasteiger partial charge in [-0.3, -0.25) is 0 Å². The summed E-state index contributed by atoms with van der Waals surface area (Å²) >= 11 is 0. The summed E-state index contributed by atoms with van der Waals surface area (Å²) in [7, 11) is 0. The molecular formula is C15H23NO. The van der Waals surface area contributed by atoms with Crippen LogP contribution in [0.2, 0.25) is 0 Å². The number of aliphatic hydroxyl groups is 1. The van der Waals surface area contributed by atoms with Crippen LogP contribution in [0.25, 0.3) is 0 Å². The fourth-order valence-corrected chi connectivity index (χ4v) is 2.90. The van der Waals surface area contributed by atoms with Gasteiger partial charge in [-0.15, -0.1) is 0 Å². The summed E-state index contributed by atoms with van der Waals surface area (Å²) < 4.78 is 0. The SMILES string of the molecule is OCCNC1CCCC1CCc1ccccc1. The van der Waals surface area contributed by atoms with Crippen molar-refractivity contribution in [3.8, 4) is 0 Å². The predicted octanol–water partition coefficient (Wildman–Crippen LogP) is 2.37. The Kier molecular flexibility index (Phi) is 5.02. The second kappa shape index (κ2) is 6.77. The van der Waals surface area contributed by atoms with Crippen molar-refractivity contribution in [1.29, 1.82) is 0 Å². The number of rotatable bonds is 6. The molecule has 2 heteroatoms. The Morgan fingerprint density at radius 2 is 2.00 bits per heavy atom. The van der Waals surface area contributed by atoms with Crippen LogP contribution in [0.15, 0.2) is 30.3 Å². The molecule has 0 aliphatic heterocycles. The quantitative estimate of drug-likeness (QED) is 0.790. The van der Waals surface area contributed by atoms with E-state index in [4.69, 9.17) is 5.11 Å². The third kappa shape index (κ3) is 3.83. The molecule has 1 aliphatic rings. The van der Waals surface area contributed by atoms with E-state index in [1.165, 1.54) is 37.7 Å². The molecule has 1 fully saturated rings. The summed E-state index contributed by atoms with van der Waals surface area (Å²) in [6.45, 7) is 0.994. The van der Waals surface area contributed by atoms with Crippen LogP contribution in [0.3, 0.4) is 0 Å². The average Bonchev–Trinajstić information content (AvgIpc) is 2.82. The zero-order valence-corrected chi connectivity index (χ0v) is 10.4. The van der Waals surface area contributed by atoms with Gasteiger partial charge in [-0.25, -0.2) is 0 Å². The molecule has 1 saturated carbocycles. The third-order valence-electron chi connectivity index (χ3n) is 3.82. The Hall–Kier alpha value is -0.860. The zero-order chi connectivity index (χ0) is 11.9. The highest BCUT2D eigenvalue weighted by atomic mass is 16.3. The number of aryl methyl sites for hydroxylation is 1. The largest absolute Gasteiger partial charge is 0.395 e. The standard InChI is InChI=1S/C15H23NO/c17-12-11-16-15-8-4-7-14(15)10-9-13-5-2-1-3-6-13/h1-3,5-6,14-17H,4,7-12H2. The Balaban J connectivity index is 1.78. The lowest BCUT2D eigenvalue weighted by molar-refractivity contribution is 0.272. The van der Waals surface area contributed by atoms with Gasteiger partial charge in [0, 0.05) is 12.6 Å². The molecule has 0 radical (unpaired) electrons. The molecule has 0 amide bonds. The van der Waals surface area contributed by atoms with Crippen LogP contribution in [0, 0.1) is 5.92 Å². The molecule has 2 nitrogen and oxygen atoms in total. The van der Waals surface area contributed by atoms with Gasteiger partial charge in [0.15, 0.2) is 0 Å². The highest BCUT2D eigenvalue weighted by Crippen LogP contribution is 2.29. The van der Waals surface area contributed by atoms with E-state index in [-0.39, 0.29) is 6.61 Å². The second-order valence-corrected chi connectivity index (χ2v) is 5.00. The highest BCUT2D eigenvalue weighted by Gasteiger charge is 2.25. The molecule has 0 heterocycles. The van der Waals surface area contributed by atoms with Gasteiger partial charge in [0.1, 0.15) is 0 Å². The first kappa shape index (κ1) is 12.6. The summed E-state index contributed by atoms with van der Waals surface area (Å²) in [6.07, 6.45) is 6.41. The van der Waals surface area contributed by atoms with Crippen molar-refractivity contribution in [3.05, 3.63) is 35.9 Å². The van der Waals surface area contributed by atoms with Crippen LogP contribution in [0.1, 0.15) is 31.2 Å². The van der Waals surface area contributed by atoms with Crippen LogP contribution in [-0.2, 0) is 6.42 Å². The van der Waals surface area contributed by atoms with Crippen LogP contribution in [0.4, 0.5) is 0 Å². The van der Waals surface area contributed by atoms with Gasteiger partial charge in [0.2, 0.25) is 0 Å². The summed E-state index contributed by atoms with van der Waals surface area (Å²) in [5.74, 6) is 0.793. The molecule has 2 unspecified atom stereocenters. The predicted molar refractivity (Wildman–Crippen MR) is 71.0 cm³/mol. The lowest BCUT2D eigenvalue weighted by Crippen LogP contribution is -2.34. The van der Waals surface area contributed by atoms with Crippen LogP contribution < -0.4 is 5.32 Å². The van der Waals surface area contributed by atoms with Gasteiger partial charge in [0.25, 0.3) is 0 Å². The summed E-state index contributed by atoms with van der Waals surface area (Å²) in [6, 6.07) is 11.4. The fraction of sp³-hybridized carbons (Fsp3) is 0.600. The maximum atomic E-state index is 8.86. The zero-order valence-electron chi connectivity index (χ0n) is 10.4. The number of benzene rings is 1. The van der Waals surface area contributed by atoms with Crippen molar-refractivity contribution in [2.24, 2.45) is 5.92 Å². The topological polar surface area (TPSA) is 32.3 Å². The number of hydrogen-bond acceptors (Lipinski definition) is 2. The normalized spacial score (nSPS) is 24.1. The van der Waals surface area contributed by atoms with Crippen molar-refractivity contribution < 1.29 is 5.11 Å². The molecule has 1 aliphatic carbocycles. The van der Waals surface area contributed by atoms with Gasteiger partial charge >= 0.3 is 0 Å². The monoisotopic (exact) mass is 233 g/mol. The first-order valence-electron chi connectivity index (χ1n) is 6.78. The van der Waals surface area contributed by atoms with E-state index in [2.05, 4.69) is 35.6 Å². The lowest BCUT2D eigenvalue weighted by Gasteiger charge is -2.20. The van der Waals surface area contributed by atoms with E-state index in [1.54, 1.807) is 0 Å². The van der Waals surface area contributed by atoms with E-state index in [0.717, 1.165) is 12.5 Å². The highest BCUT2D eigenvalue weighted by molar-refractivity contribution is 5.14. The summed E-state index contributed by atoms with van der Waals surface area (Å²) in [5, 5.41) is 12.3. The first-order chi connectivity index (χ1) is 8.40. The van der Waals surface area contributed by atoms with E-state index in [0.29, 0.717) is 6.04 Å². The van der Waals surface area contributed by atoms with Crippen molar-refractivity contribution >= 4 is 0 Å². The minimum atomic E-state index is 0.252. The smallest absolute Gasteiger partial charge is 0.0556 e. The summed E-state index contributed by atoms with van der Waals surface area (Å²) in [4.78, 5) is 0. The van der Waals surface area contributed by atoms with Crippen LogP contribution >= 0.6 is 0 Å². The molecule has 1 aromatic rings. The number of hydrogen-bond donors (Lipinski definition) is 2. The van der Waals surface area contributed by atoms with Crippen molar-refractivity contribution in [3.63, 3.8) is 0 Å². The summed E-state index contributed by atoms with van der Waals surface area (Å²) in [5.41, 5.74) is 1.44. The second-order valence-electron chi connectivity index (χ2n) is 5.00. The third-order valence-corrected chi connectivity index (χ3v) is 3.82. The fourth-order valence-electron chi connectivity index (χ4n) is 2.90. The van der Waals surface area contributed by atoms with E-state index >= 15 is 0 Å². The van der Waals surface area contributed by atoms with E-state index in [1.807, 2.05) is 0 Å². The minimum absolute atomic E-state index is 0.252. The number of nitrogens with one attached hydrogen (secondary N) is 1. The molecule has 1 aromatic carbocycles. The molecule has 2 rings (SSSR count). The van der Waals surface area contributed by atoms with Gasteiger partial charge in [-0.05, 0) is 37.2 Å². The molecule has 17 heavy (non-hydrogen) atoms. The maximum absolute atomic E-state index is 8.86. The molecule has 0 aromatic heterocycles. The number of aliphatic hydroxyl groups excluding tert-OH is 1. The van der Waals surface area contributed by atoms with E-state index in [9.17, 15) is 0 Å². The molecule has 0 spiro atoms. The van der Waals surface area contributed by atoms with Gasteiger partial charge < -0.3 is 10.4 Å². The first-order valence-corrected chi connectivity index (χ1v) is 6.78. The molecule has 2 N–H and O–H groups in total. The Morgan fingerprint density at radius 1 is 1.18 bits per heavy atom. The van der Waals surface area contributed by atoms with Crippen molar-refractivity contribution in [2.75, 3.05) is 13.2 Å². The molecule has 0 bridgehead atoms. The van der Waals surface area contributed by atoms with Crippen molar-refractivity contribution in [2.45, 2.75) is 38.1 Å². The van der Waals surface area contributed by atoms with Gasteiger partial charge in [-0.2, -0.15) is 0 Å². The molecule has 0 saturated heterocycles. The maximum Gasteiger partial charge on any atom is 0.0556 e. The Labute approximate surface area is 104 Å². The lowest BCUT2D eigenvalue weighted by atomic mass is 9.95. The average molecular weight is 233 g/mol. The molecule has 94 valence electrons. The van der Waals surface area contributed by atoms with E-state index < -0.39 is 0 Å². The minimum Gasteiger partial charge on any atom is -0.395 e. The Bertz CT molecular complexity index is 312. The molecular weight excluding hydrogens is 210 g/mol. The molecule has 2 atom stereocenters. The van der Waals surface area contributed by atoms with Gasteiger partial charge in [-0.1, -0.05) is 36.8 Å². The van der Waals surface area contributed by atoms with Crippen LogP contribution in [-0.4, -0.2) is 24.3 Å². The van der Waals surface area contributed by atoms with Gasteiger partial charge in [0.05, 0.1) is 6.61 Å².